The molecule has 0 aliphatic carbocycles. The SMILES string of the molecule is COC1([C@@H](NC(=O)c2ccc(C#CC#CCCO)cc2)C(=O)NO)CS(=O)(=O)C1. The number of nitrogens with one attached hydrogen (secondary N) is 2. The van der Waals surface area contributed by atoms with Crippen LogP contribution in [0.5, 0.6) is 0 Å². The number of benzene rings is 1. The lowest BCUT2D eigenvalue weighted by molar-refractivity contribution is -0.138. The van der Waals surface area contributed by atoms with Crippen LogP contribution in [0.3, 0.4) is 0 Å². The lowest BCUT2D eigenvalue weighted by Gasteiger charge is -2.44. The molecule has 1 aromatic rings. The topological polar surface area (TPSA) is 142 Å². The van der Waals surface area contributed by atoms with Gasteiger partial charge in [-0.3, -0.25) is 14.8 Å². The number of hydroxylamine groups is 1. The third-order valence-corrected chi connectivity index (χ3v) is 6.11. The van der Waals surface area contributed by atoms with Crippen LogP contribution >= 0.6 is 0 Å². The molecule has 2 rings (SSSR count). The van der Waals surface area contributed by atoms with E-state index in [1.165, 1.54) is 24.7 Å². The third kappa shape index (κ3) is 5.56. The van der Waals surface area contributed by atoms with Crippen molar-refractivity contribution in [1.29, 1.82) is 0 Å². The van der Waals surface area contributed by atoms with Gasteiger partial charge in [-0.15, -0.1) is 0 Å². The second-order valence-electron chi connectivity index (χ2n) is 6.29. The summed E-state index contributed by atoms with van der Waals surface area (Å²) in [5.41, 5.74) is 0.771. The fraction of sp³-hybridized carbons (Fsp3) is 0.368. The molecular weight excluding hydrogens is 400 g/mol. The first-order chi connectivity index (χ1) is 13.8. The molecule has 1 heterocycles. The molecule has 154 valence electrons. The minimum absolute atomic E-state index is 0.0376. The molecule has 0 bridgehead atoms. The Balaban J connectivity index is 2.14. The summed E-state index contributed by atoms with van der Waals surface area (Å²) in [6.07, 6.45) is 0.334. The number of amides is 2. The van der Waals surface area contributed by atoms with Gasteiger partial charge >= 0.3 is 0 Å². The molecule has 9 nitrogen and oxygen atoms in total. The minimum Gasteiger partial charge on any atom is -0.395 e. The number of sulfone groups is 1. The van der Waals surface area contributed by atoms with Crippen LogP contribution in [-0.4, -0.2) is 67.4 Å². The van der Waals surface area contributed by atoms with Gasteiger partial charge in [0.1, 0.15) is 11.6 Å². The predicted molar refractivity (Wildman–Crippen MR) is 102 cm³/mol. The maximum absolute atomic E-state index is 12.5. The molecule has 1 fully saturated rings. The van der Waals surface area contributed by atoms with E-state index < -0.39 is 44.8 Å². The van der Waals surface area contributed by atoms with Crippen molar-refractivity contribution in [3.05, 3.63) is 35.4 Å². The van der Waals surface area contributed by atoms with Gasteiger partial charge in [0.15, 0.2) is 9.84 Å². The quantitative estimate of drug-likeness (QED) is 0.258. The first-order valence-electron chi connectivity index (χ1n) is 8.47. The summed E-state index contributed by atoms with van der Waals surface area (Å²) in [5.74, 6) is 8.07. The fourth-order valence-corrected chi connectivity index (χ4v) is 4.76. The van der Waals surface area contributed by atoms with E-state index in [0.717, 1.165) is 0 Å². The van der Waals surface area contributed by atoms with Crippen LogP contribution in [0, 0.1) is 23.7 Å². The summed E-state index contributed by atoms with van der Waals surface area (Å²) < 4.78 is 28.4. The number of aliphatic hydroxyl groups is 1. The molecule has 0 saturated carbocycles. The molecule has 1 atom stereocenters. The van der Waals surface area contributed by atoms with Gasteiger partial charge in [0.25, 0.3) is 11.8 Å². The number of aliphatic hydroxyl groups excluding tert-OH is 1. The van der Waals surface area contributed by atoms with Crippen molar-refractivity contribution in [2.24, 2.45) is 0 Å². The van der Waals surface area contributed by atoms with Crippen molar-refractivity contribution in [3.8, 4) is 23.7 Å². The largest absolute Gasteiger partial charge is 0.395 e. The molecule has 0 radical (unpaired) electrons. The maximum atomic E-state index is 12.5. The summed E-state index contributed by atoms with van der Waals surface area (Å²) in [5, 5.41) is 20.0. The minimum atomic E-state index is -3.39. The zero-order valence-electron chi connectivity index (χ0n) is 15.6. The van der Waals surface area contributed by atoms with Gasteiger partial charge in [0, 0.05) is 24.7 Å². The Morgan fingerprint density at radius 2 is 1.90 bits per heavy atom. The highest BCUT2D eigenvalue weighted by atomic mass is 32.2. The first-order valence-corrected chi connectivity index (χ1v) is 10.3. The Bertz CT molecular complexity index is 983. The van der Waals surface area contributed by atoms with Gasteiger partial charge in [-0.2, -0.15) is 0 Å². The second-order valence-corrected chi connectivity index (χ2v) is 8.35. The smallest absolute Gasteiger partial charge is 0.268 e. The van der Waals surface area contributed by atoms with E-state index in [-0.39, 0.29) is 12.2 Å². The highest BCUT2D eigenvalue weighted by Gasteiger charge is 2.57. The van der Waals surface area contributed by atoms with Crippen molar-refractivity contribution in [2.75, 3.05) is 25.2 Å². The Morgan fingerprint density at radius 1 is 1.24 bits per heavy atom. The molecule has 0 spiro atoms. The Hall–Kier alpha value is -2.89. The van der Waals surface area contributed by atoms with Gasteiger partial charge in [-0.05, 0) is 36.1 Å². The van der Waals surface area contributed by atoms with Crippen molar-refractivity contribution in [3.63, 3.8) is 0 Å². The van der Waals surface area contributed by atoms with Gasteiger partial charge in [0.2, 0.25) is 0 Å². The van der Waals surface area contributed by atoms with Crippen molar-refractivity contribution < 1.29 is 33.1 Å². The van der Waals surface area contributed by atoms with Gasteiger partial charge in [-0.1, -0.05) is 11.8 Å². The standard InChI is InChI=1S/C19H20N2O7S/c1-28-19(12-29(26,27)13-19)16(18(24)21-25)20-17(23)15-9-7-14(8-10-15)6-4-2-3-5-11-22/h7-10,16,22,25H,5,11-13H2,1H3,(H,20,23)(H,21,24)/t16-/m0/s1. The van der Waals surface area contributed by atoms with E-state index in [2.05, 4.69) is 29.0 Å². The molecular formula is C19H20N2O7S. The third-order valence-electron chi connectivity index (χ3n) is 4.25. The second kappa shape index (κ2) is 9.54. The number of methoxy groups -OCH3 is 1. The van der Waals surface area contributed by atoms with Crippen molar-refractivity contribution in [1.82, 2.24) is 10.8 Å². The highest BCUT2D eigenvalue weighted by molar-refractivity contribution is 7.93. The van der Waals surface area contributed by atoms with Gasteiger partial charge in [-0.25, -0.2) is 13.9 Å². The normalized spacial score (nSPS) is 16.7. The molecule has 29 heavy (non-hydrogen) atoms. The lowest BCUT2D eigenvalue weighted by atomic mass is 9.95. The molecule has 1 aromatic carbocycles. The maximum Gasteiger partial charge on any atom is 0.268 e. The lowest BCUT2D eigenvalue weighted by Crippen LogP contribution is -2.71. The summed E-state index contributed by atoms with van der Waals surface area (Å²) >= 11 is 0. The Kier molecular flexibility index (Phi) is 7.37. The average molecular weight is 420 g/mol. The number of carbonyl (C=O) groups excluding carboxylic acids is 2. The van der Waals surface area contributed by atoms with E-state index >= 15 is 0 Å². The molecule has 1 saturated heterocycles. The van der Waals surface area contributed by atoms with Crippen molar-refractivity contribution in [2.45, 2.75) is 18.1 Å². The molecule has 1 aliphatic rings. The van der Waals surface area contributed by atoms with Crippen LogP contribution in [0.25, 0.3) is 0 Å². The molecule has 0 aromatic heterocycles. The number of ether oxygens (including phenoxy) is 1. The van der Waals surface area contributed by atoms with Gasteiger partial charge in [0.05, 0.1) is 18.1 Å². The van der Waals surface area contributed by atoms with Crippen molar-refractivity contribution >= 4 is 21.7 Å². The summed E-state index contributed by atoms with van der Waals surface area (Å²) in [6, 6.07) is 4.71. The molecule has 10 heteroatoms. The number of hydrogen-bond donors (Lipinski definition) is 4. The highest BCUT2D eigenvalue weighted by Crippen LogP contribution is 2.31. The molecule has 2 amide bonds. The van der Waals surface area contributed by atoms with Crippen LogP contribution in [0.15, 0.2) is 24.3 Å². The Labute approximate surface area is 168 Å². The van der Waals surface area contributed by atoms with E-state index in [9.17, 15) is 18.0 Å². The molecule has 1 aliphatic heterocycles. The van der Waals surface area contributed by atoms with Crippen LogP contribution in [0.1, 0.15) is 22.3 Å². The van der Waals surface area contributed by atoms with E-state index in [1.807, 2.05) is 0 Å². The molecule has 4 N–H and O–H groups in total. The Morgan fingerprint density at radius 3 is 2.41 bits per heavy atom. The van der Waals surface area contributed by atoms with E-state index in [1.54, 1.807) is 12.1 Å². The summed E-state index contributed by atoms with van der Waals surface area (Å²) in [7, 11) is -2.16. The monoisotopic (exact) mass is 420 g/mol. The van der Waals surface area contributed by atoms with E-state index in [4.69, 9.17) is 15.1 Å². The number of rotatable bonds is 6. The summed E-state index contributed by atoms with van der Waals surface area (Å²) in [4.78, 5) is 24.6. The van der Waals surface area contributed by atoms with E-state index in [0.29, 0.717) is 12.0 Å². The summed E-state index contributed by atoms with van der Waals surface area (Å²) in [6.45, 7) is -0.0376. The van der Waals surface area contributed by atoms with Crippen LogP contribution in [0.4, 0.5) is 0 Å². The average Bonchev–Trinajstić information content (AvgIpc) is 2.69. The van der Waals surface area contributed by atoms with Gasteiger partial charge < -0.3 is 15.2 Å². The predicted octanol–water partition coefficient (Wildman–Crippen LogP) is -1.16. The fourth-order valence-electron chi connectivity index (χ4n) is 2.79. The zero-order valence-corrected chi connectivity index (χ0v) is 16.4. The van der Waals surface area contributed by atoms with Crippen LogP contribution < -0.4 is 10.8 Å². The number of carbonyl (C=O) groups is 2. The zero-order chi connectivity index (χ0) is 21.5. The number of hydrogen-bond acceptors (Lipinski definition) is 7. The van der Waals surface area contributed by atoms with Crippen LogP contribution in [-0.2, 0) is 19.4 Å². The molecule has 0 unspecified atom stereocenters. The van der Waals surface area contributed by atoms with Crippen LogP contribution in [0.2, 0.25) is 0 Å². The first kappa shape index (κ1) is 22.4.